The molecule has 0 saturated carbocycles. The van der Waals surface area contributed by atoms with Crippen LogP contribution < -0.4 is 11.1 Å². The number of nitrogens with one attached hydrogen (secondary N) is 1. The lowest BCUT2D eigenvalue weighted by molar-refractivity contribution is -0.121. The monoisotopic (exact) mass is 324 g/mol. The van der Waals surface area contributed by atoms with E-state index in [-0.39, 0.29) is 36.2 Å². The smallest absolute Gasteiger partial charge is 0.240 e. The second kappa shape index (κ2) is 6.34. The number of nitrogens with zero attached hydrogens (tertiary/aromatic N) is 4. The van der Waals surface area contributed by atoms with Crippen molar-refractivity contribution in [2.75, 3.05) is 5.73 Å². The largest absolute Gasteiger partial charge is 0.382 e. The Morgan fingerprint density at radius 2 is 2.25 bits per heavy atom. The maximum absolute atomic E-state index is 13.3. The van der Waals surface area contributed by atoms with Crippen molar-refractivity contribution in [2.24, 2.45) is 0 Å². The number of hydrogen-bond donors (Lipinski definition) is 2. The van der Waals surface area contributed by atoms with Crippen LogP contribution in [0.15, 0.2) is 36.7 Å². The normalized spacial score (nSPS) is 10.5. The second-order valence-corrected chi connectivity index (χ2v) is 5.12. The minimum Gasteiger partial charge on any atom is -0.382 e. The van der Waals surface area contributed by atoms with E-state index in [2.05, 4.69) is 15.3 Å². The lowest BCUT2D eigenvalue weighted by atomic mass is 10.2. The van der Waals surface area contributed by atoms with Gasteiger partial charge in [-0.2, -0.15) is 5.26 Å². The third-order valence-corrected chi connectivity index (χ3v) is 3.48. The summed E-state index contributed by atoms with van der Waals surface area (Å²) in [6, 6.07) is 8.09. The number of halogens is 1. The molecule has 0 atom stereocenters. The molecule has 0 aliphatic rings. The number of aromatic nitrogens is 3. The highest BCUT2D eigenvalue weighted by atomic mass is 19.1. The van der Waals surface area contributed by atoms with Crippen LogP contribution in [0.4, 0.5) is 10.2 Å². The highest BCUT2D eigenvalue weighted by molar-refractivity contribution is 5.83. The highest BCUT2D eigenvalue weighted by Crippen LogP contribution is 2.16. The molecular formula is C16H13FN6O. The van der Waals surface area contributed by atoms with Crippen LogP contribution in [0.2, 0.25) is 0 Å². The summed E-state index contributed by atoms with van der Waals surface area (Å²) in [6.07, 6.45) is 3.03. The molecule has 0 spiro atoms. The van der Waals surface area contributed by atoms with Gasteiger partial charge in [-0.25, -0.2) is 14.4 Å². The van der Waals surface area contributed by atoms with E-state index in [4.69, 9.17) is 11.0 Å². The van der Waals surface area contributed by atoms with Gasteiger partial charge in [-0.3, -0.25) is 4.79 Å². The Hall–Kier alpha value is -3.47. The summed E-state index contributed by atoms with van der Waals surface area (Å²) in [7, 11) is 0. The molecule has 3 N–H and O–H groups in total. The molecule has 0 aliphatic heterocycles. The first-order valence-electron chi connectivity index (χ1n) is 7.09. The predicted octanol–water partition coefficient (Wildman–Crippen LogP) is 1.34. The summed E-state index contributed by atoms with van der Waals surface area (Å²) in [4.78, 5) is 20.0. The summed E-state index contributed by atoms with van der Waals surface area (Å²) in [6.45, 7) is 0.126. The third kappa shape index (κ3) is 3.15. The molecule has 0 radical (unpaired) electrons. The van der Waals surface area contributed by atoms with E-state index in [1.807, 2.05) is 12.1 Å². The molecule has 3 aromatic rings. The first-order valence-corrected chi connectivity index (χ1v) is 7.09. The molecule has 8 heteroatoms. The molecule has 3 rings (SSSR count). The molecule has 7 nitrogen and oxygen atoms in total. The zero-order valence-corrected chi connectivity index (χ0v) is 12.5. The zero-order valence-electron chi connectivity index (χ0n) is 12.5. The number of fused-ring (bicyclic) bond motifs is 1. The topological polar surface area (TPSA) is 110 Å². The lowest BCUT2D eigenvalue weighted by Crippen LogP contribution is -2.27. The molecule has 0 saturated heterocycles. The van der Waals surface area contributed by atoms with E-state index >= 15 is 0 Å². The fraction of sp³-hybridized carbons (Fsp3) is 0.125. The van der Waals surface area contributed by atoms with Crippen molar-refractivity contribution in [3.63, 3.8) is 0 Å². The van der Waals surface area contributed by atoms with Gasteiger partial charge in [0.2, 0.25) is 5.91 Å². The van der Waals surface area contributed by atoms with Crippen LogP contribution in [0, 0.1) is 17.1 Å². The van der Waals surface area contributed by atoms with Crippen molar-refractivity contribution in [1.29, 1.82) is 5.26 Å². The number of nitriles is 1. The molecule has 0 fully saturated rings. The van der Waals surface area contributed by atoms with Crippen molar-refractivity contribution in [2.45, 2.75) is 13.1 Å². The molecule has 120 valence electrons. The molecular weight excluding hydrogens is 311 g/mol. The molecule has 0 aliphatic carbocycles. The fourth-order valence-electron chi connectivity index (χ4n) is 2.29. The number of carbonyl (C=O) groups excluding carboxylic acids is 1. The van der Waals surface area contributed by atoms with Gasteiger partial charge in [0.1, 0.15) is 35.6 Å². The Morgan fingerprint density at radius 1 is 1.42 bits per heavy atom. The van der Waals surface area contributed by atoms with E-state index in [1.54, 1.807) is 16.8 Å². The van der Waals surface area contributed by atoms with Gasteiger partial charge in [-0.05, 0) is 29.7 Å². The summed E-state index contributed by atoms with van der Waals surface area (Å²) < 4.78 is 15.0. The van der Waals surface area contributed by atoms with E-state index in [0.29, 0.717) is 11.3 Å². The van der Waals surface area contributed by atoms with Crippen molar-refractivity contribution in [3.05, 3.63) is 53.9 Å². The summed E-state index contributed by atoms with van der Waals surface area (Å²) >= 11 is 0. The number of carbonyl (C=O) groups is 1. The van der Waals surface area contributed by atoms with Gasteiger partial charge in [0, 0.05) is 6.20 Å². The van der Waals surface area contributed by atoms with Crippen LogP contribution in [0.25, 0.3) is 10.9 Å². The van der Waals surface area contributed by atoms with Gasteiger partial charge in [0.15, 0.2) is 0 Å². The Kier molecular flexibility index (Phi) is 4.07. The number of nitrogen functional groups attached to an aromatic ring is 1. The van der Waals surface area contributed by atoms with E-state index in [1.165, 1.54) is 18.3 Å². The molecule has 2 aromatic heterocycles. The number of anilines is 1. The van der Waals surface area contributed by atoms with Crippen LogP contribution in [-0.4, -0.2) is 20.4 Å². The second-order valence-electron chi connectivity index (χ2n) is 5.12. The summed E-state index contributed by atoms with van der Waals surface area (Å²) in [5.41, 5.74) is 6.43. The molecule has 1 amide bonds. The lowest BCUT2D eigenvalue weighted by Gasteiger charge is -2.07. The average molecular weight is 324 g/mol. The molecule has 24 heavy (non-hydrogen) atoms. The number of hydrogen-bond acceptors (Lipinski definition) is 5. The first kappa shape index (κ1) is 15.4. The van der Waals surface area contributed by atoms with Gasteiger partial charge in [0.05, 0.1) is 18.3 Å². The Bertz CT molecular complexity index is 959. The van der Waals surface area contributed by atoms with Gasteiger partial charge in [-0.15, -0.1) is 0 Å². The Labute approximate surface area is 136 Å². The SMILES string of the molecule is N#Cc1cnc(CNC(=O)Cn2ccc3ccc(F)cc32)nc1N. The number of rotatable bonds is 4. The van der Waals surface area contributed by atoms with Crippen LogP contribution in [0.5, 0.6) is 0 Å². The molecule has 0 unspecified atom stereocenters. The Balaban J connectivity index is 1.66. The standard InChI is InChI=1S/C16H13FN6O/c17-12-2-1-10-3-4-23(13(10)5-12)9-15(24)21-8-14-20-7-11(6-18)16(19)22-14/h1-5,7H,8-9H2,(H,21,24)(H2,19,20,22). The zero-order chi connectivity index (χ0) is 17.1. The minimum absolute atomic E-state index is 0.0404. The van der Waals surface area contributed by atoms with Crippen LogP contribution in [0.1, 0.15) is 11.4 Å². The van der Waals surface area contributed by atoms with Crippen molar-refractivity contribution < 1.29 is 9.18 Å². The summed E-state index contributed by atoms with van der Waals surface area (Å²) in [5, 5.41) is 12.3. The Morgan fingerprint density at radius 3 is 3.00 bits per heavy atom. The third-order valence-electron chi connectivity index (χ3n) is 3.48. The van der Waals surface area contributed by atoms with Crippen molar-refractivity contribution in [1.82, 2.24) is 19.9 Å². The van der Waals surface area contributed by atoms with Crippen LogP contribution in [0.3, 0.4) is 0 Å². The molecule has 1 aromatic carbocycles. The van der Waals surface area contributed by atoms with Crippen LogP contribution >= 0.6 is 0 Å². The van der Waals surface area contributed by atoms with Gasteiger partial charge >= 0.3 is 0 Å². The van der Waals surface area contributed by atoms with Gasteiger partial charge in [0.25, 0.3) is 0 Å². The van der Waals surface area contributed by atoms with Crippen molar-refractivity contribution in [3.8, 4) is 6.07 Å². The predicted molar refractivity (Wildman–Crippen MR) is 84.9 cm³/mol. The quantitative estimate of drug-likeness (QED) is 0.752. The maximum Gasteiger partial charge on any atom is 0.240 e. The fourth-order valence-corrected chi connectivity index (χ4v) is 2.29. The molecule has 0 bridgehead atoms. The average Bonchev–Trinajstić information content (AvgIpc) is 2.95. The number of benzene rings is 1. The minimum atomic E-state index is -0.357. The van der Waals surface area contributed by atoms with E-state index < -0.39 is 0 Å². The van der Waals surface area contributed by atoms with Crippen LogP contribution in [-0.2, 0) is 17.9 Å². The van der Waals surface area contributed by atoms with Crippen molar-refractivity contribution >= 4 is 22.6 Å². The highest BCUT2D eigenvalue weighted by Gasteiger charge is 2.09. The van der Waals surface area contributed by atoms with E-state index in [9.17, 15) is 9.18 Å². The van der Waals surface area contributed by atoms with Gasteiger partial charge in [-0.1, -0.05) is 0 Å². The molecule has 2 heterocycles. The number of nitrogens with two attached hydrogens (primary N) is 1. The van der Waals surface area contributed by atoms with Gasteiger partial charge < -0.3 is 15.6 Å². The van der Waals surface area contributed by atoms with E-state index in [0.717, 1.165) is 5.39 Å². The first-order chi connectivity index (χ1) is 11.6. The summed E-state index contributed by atoms with van der Waals surface area (Å²) in [5.74, 6) is -0.250. The number of amides is 1. The maximum atomic E-state index is 13.3.